The minimum absolute atomic E-state index is 0.215. The third kappa shape index (κ3) is 3.06. The van der Waals surface area contributed by atoms with Crippen LogP contribution in [0.5, 0.6) is 0 Å². The zero-order chi connectivity index (χ0) is 17.3. The lowest BCUT2D eigenvalue weighted by Crippen LogP contribution is -2.39. The molecule has 7 nitrogen and oxygen atoms in total. The van der Waals surface area contributed by atoms with Gasteiger partial charge >= 0.3 is 5.97 Å². The molecule has 24 heavy (non-hydrogen) atoms. The molecule has 0 unspecified atom stereocenters. The highest BCUT2D eigenvalue weighted by Gasteiger charge is 2.38. The van der Waals surface area contributed by atoms with Gasteiger partial charge in [-0.25, -0.2) is 4.68 Å². The van der Waals surface area contributed by atoms with Crippen molar-refractivity contribution in [2.75, 3.05) is 31.0 Å². The minimum Gasteiger partial charge on any atom is -0.465 e. The Morgan fingerprint density at radius 1 is 1.33 bits per heavy atom. The number of hydrogen-bond donors (Lipinski definition) is 1. The van der Waals surface area contributed by atoms with E-state index in [9.17, 15) is 4.79 Å². The summed E-state index contributed by atoms with van der Waals surface area (Å²) in [5.41, 5.74) is 5.48. The molecule has 0 saturated carbocycles. The van der Waals surface area contributed by atoms with Crippen LogP contribution in [0.4, 0.5) is 5.69 Å². The van der Waals surface area contributed by atoms with E-state index in [-0.39, 0.29) is 12.0 Å². The Bertz CT molecular complexity index is 729. The zero-order valence-electron chi connectivity index (χ0n) is 14.2. The fourth-order valence-corrected chi connectivity index (χ4v) is 3.72. The van der Waals surface area contributed by atoms with Crippen molar-refractivity contribution in [2.24, 2.45) is 0 Å². The van der Waals surface area contributed by atoms with Gasteiger partial charge in [0.15, 0.2) is 0 Å². The summed E-state index contributed by atoms with van der Waals surface area (Å²) in [7, 11) is 4.00. The van der Waals surface area contributed by atoms with Gasteiger partial charge in [-0.2, -0.15) is 0 Å². The van der Waals surface area contributed by atoms with Gasteiger partial charge in [0.1, 0.15) is 11.1 Å². The van der Waals surface area contributed by atoms with E-state index in [4.69, 9.17) is 4.74 Å². The molecule has 1 N–H and O–H groups in total. The number of thioether (sulfide) groups is 1. The van der Waals surface area contributed by atoms with Crippen molar-refractivity contribution in [3.05, 3.63) is 35.7 Å². The Kier molecular flexibility index (Phi) is 4.66. The molecule has 2 atom stereocenters. The van der Waals surface area contributed by atoms with E-state index in [0.29, 0.717) is 11.8 Å². The Morgan fingerprint density at radius 2 is 2.04 bits per heavy atom. The molecule has 0 bridgehead atoms. The van der Waals surface area contributed by atoms with Crippen LogP contribution < -0.4 is 10.3 Å². The molecular weight excluding hydrogens is 326 g/mol. The highest BCUT2D eigenvalue weighted by Crippen LogP contribution is 2.37. The highest BCUT2D eigenvalue weighted by atomic mass is 32.2. The number of nitrogens with one attached hydrogen (secondary N) is 1. The SMILES string of the molecule is CCOC(=O)[C@H]1Sc2nnc(C)n2N[C@@H]1c1ccc(N(C)C)cc1. The van der Waals surface area contributed by atoms with E-state index in [1.165, 1.54) is 11.8 Å². The summed E-state index contributed by atoms with van der Waals surface area (Å²) in [4.78, 5) is 14.5. The van der Waals surface area contributed by atoms with Crippen molar-refractivity contribution < 1.29 is 9.53 Å². The molecular formula is C16H21N5O2S. The second kappa shape index (κ2) is 6.72. The quantitative estimate of drug-likeness (QED) is 0.848. The Balaban J connectivity index is 1.95. The fourth-order valence-electron chi connectivity index (χ4n) is 2.59. The number of aryl methyl sites for hydroxylation is 1. The van der Waals surface area contributed by atoms with Crippen LogP contribution in [0.2, 0.25) is 0 Å². The van der Waals surface area contributed by atoms with Gasteiger partial charge in [-0.15, -0.1) is 10.2 Å². The topological polar surface area (TPSA) is 72.3 Å². The number of ether oxygens (including phenoxy) is 1. The molecule has 1 aliphatic rings. The van der Waals surface area contributed by atoms with Crippen LogP contribution in [-0.4, -0.2) is 46.8 Å². The van der Waals surface area contributed by atoms with Gasteiger partial charge in [0, 0.05) is 19.8 Å². The molecule has 1 aliphatic heterocycles. The molecule has 0 amide bonds. The number of fused-ring (bicyclic) bond motifs is 1. The lowest BCUT2D eigenvalue weighted by atomic mass is 10.0. The van der Waals surface area contributed by atoms with E-state index in [1.807, 2.05) is 61.8 Å². The first-order valence-electron chi connectivity index (χ1n) is 7.80. The van der Waals surface area contributed by atoms with Crippen molar-refractivity contribution in [1.29, 1.82) is 0 Å². The monoisotopic (exact) mass is 347 g/mol. The van der Waals surface area contributed by atoms with Crippen molar-refractivity contribution in [3.8, 4) is 0 Å². The molecule has 128 valence electrons. The van der Waals surface area contributed by atoms with E-state index in [0.717, 1.165) is 17.1 Å². The lowest BCUT2D eigenvalue weighted by molar-refractivity contribution is -0.142. The maximum absolute atomic E-state index is 12.4. The summed E-state index contributed by atoms with van der Waals surface area (Å²) in [6, 6.07) is 7.93. The number of aromatic nitrogens is 3. The van der Waals surface area contributed by atoms with Crippen molar-refractivity contribution >= 4 is 23.4 Å². The molecule has 0 fully saturated rings. The van der Waals surface area contributed by atoms with Crippen LogP contribution in [0, 0.1) is 6.92 Å². The zero-order valence-corrected chi connectivity index (χ0v) is 15.0. The van der Waals surface area contributed by atoms with Crippen LogP contribution in [0.3, 0.4) is 0 Å². The molecule has 0 saturated heterocycles. The molecule has 1 aromatic heterocycles. The normalized spacial score (nSPS) is 19.3. The maximum atomic E-state index is 12.4. The molecule has 8 heteroatoms. The Hall–Kier alpha value is -2.22. The maximum Gasteiger partial charge on any atom is 0.322 e. The number of benzene rings is 1. The molecule has 0 radical (unpaired) electrons. The molecule has 0 aliphatic carbocycles. The third-order valence-corrected chi connectivity index (χ3v) is 5.08. The summed E-state index contributed by atoms with van der Waals surface area (Å²) in [6.07, 6.45) is 0. The number of esters is 1. The summed E-state index contributed by atoms with van der Waals surface area (Å²) < 4.78 is 7.08. The summed E-state index contributed by atoms with van der Waals surface area (Å²) in [5, 5.41) is 8.45. The van der Waals surface area contributed by atoms with E-state index >= 15 is 0 Å². The van der Waals surface area contributed by atoms with Gasteiger partial charge in [0.25, 0.3) is 0 Å². The minimum atomic E-state index is -0.411. The summed E-state index contributed by atoms with van der Waals surface area (Å²) in [6.45, 7) is 4.04. The third-order valence-electron chi connectivity index (χ3n) is 3.89. The number of hydrogen-bond acceptors (Lipinski definition) is 7. The van der Waals surface area contributed by atoms with Gasteiger partial charge < -0.3 is 15.1 Å². The Labute approximate surface area is 145 Å². The first-order valence-corrected chi connectivity index (χ1v) is 8.68. The van der Waals surface area contributed by atoms with Gasteiger partial charge in [0.2, 0.25) is 5.16 Å². The lowest BCUT2D eigenvalue weighted by Gasteiger charge is -2.32. The van der Waals surface area contributed by atoms with Crippen molar-refractivity contribution in [2.45, 2.75) is 30.3 Å². The molecule has 2 aromatic rings. The summed E-state index contributed by atoms with van der Waals surface area (Å²) in [5.74, 6) is 0.512. The molecule has 0 spiro atoms. The largest absolute Gasteiger partial charge is 0.465 e. The number of carbonyl (C=O) groups excluding carboxylic acids is 1. The number of rotatable bonds is 4. The first-order chi connectivity index (χ1) is 11.5. The smallest absolute Gasteiger partial charge is 0.322 e. The highest BCUT2D eigenvalue weighted by molar-refractivity contribution is 8.00. The standard InChI is InChI=1S/C16H21N5O2S/c1-5-23-15(22)14-13(11-6-8-12(9-7-11)20(3)4)19-21-10(2)17-18-16(21)24-14/h6-9,13-14,19H,5H2,1-4H3/t13-,14+/m1/s1. The van der Waals surface area contributed by atoms with Crippen LogP contribution in [0.1, 0.15) is 24.4 Å². The molecule has 1 aromatic carbocycles. The van der Waals surface area contributed by atoms with E-state index < -0.39 is 5.25 Å². The predicted molar refractivity (Wildman–Crippen MR) is 93.9 cm³/mol. The van der Waals surface area contributed by atoms with E-state index in [1.54, 1.807) is 0 Å². The molecule has 2 heterocycles. The van der Waals surface area contributed by atoms with Crippen LogP contribution in [0.15, 0.2) is 29.4 Å². The fraction of sp³-hybridized carbons (Fsp3) is 0.438. The van der Waals surface area contributed by atoms with Gasteiger partial charge in [-0.3, -0.25) is 4.79 Å². The number of anilines is 1. The van der Waals surface area contributed by atoms with Crippen molar-refractivity contribution in [3.63, 3.8) is 0 Å². The van der Waals surface area contributed by atoms with Crippen LogP contribution in [-0.2, 0) is 9.53 Å². The van der Waals surface area contributed by atoms with Crippen LogP contribution in [0.25, 0.3) is 0 Å². The number of carbonyl (C=O) groups is 1. The second-order valence-corrected chi connectivity index (χ2v) is 6.86. The predicted octanol–water partition coefficient (Wildman–Crippen LogP) is 1.97. The summed E-state index contributed by atoms with van der Waals surface area (Å²) >= 11 is 1.38. The van der Waals surface area contributed by atoms with Crippen molar-refractivity contribution in [1.82, 2.24) is 14.9 Å². The van der Waals surface area contributed by atoms with Gasteiger partial charge in [-0.05, 0) is 31.5 Å². The number of nitrogens with zero attached hydrogens (tertiary/aromatic N) is 4. The first kappa shape index (κ1) is 16.6. The average molecular weight is 347 g/mol. The van der Waals surface area contributed by atoms with Gasteiger partial charge in [-0.1, -0.05) is 23.9 Å². The van der Waals surface area contributed by atoms with E-state index in [2.05, 4.69) is 15.6 Å². The average Bonchev–Trinajstić information content (AvgIpc) is 2.94. The second-order valence-electron chi connectivity index (χ2n) is 5.75. The Morgan fingerprint density at radius 3 is 2.67 bits per heavy atom. The van der Waals surface area contributed by atoms with Gasteiger partial charge in [0.05, 0.1) is 12.6 Å². The van der Waals surface area contributed by atoms with Crippen LogP contribution >= 0.6 is 11.8 Å². The molecule has 3 rings (SSSR count).